The summed E-state index contributed by atoms with van der Waals surface area (Å²) >= 11 is 3.26. The molecule has 0 atom stereocenters. The van der Waals surface area contributed by atoms with E-state index in [0.29, 0.717) is 15.8 Å². The Morgan fingerprint density at radius 1 is 1.26 bits per heavy atom. The van der Waals surface area contributed by atoms with Crippen LogP contribution < -0.4 is 5.32 Å². The lowest BCUT2D eigenvalue weighted by Crippen LogP contribution is -1.98. The number of anilines is 2. The van der Waals surface area contributed by atoms with Gasteiger partial charge in [0.1, 0.15) is 11.5 Å². The first-order valence-corrected chi connectivity index (χ1v) is 6.24. The highest BCUT2D eigenvalue weighted by molar-refractivity contribution is 9.10. The van der Waals surface area contributed by atoms with E-state index >= 15 is 0 Å². The molecule has 0 aliphatic heterocycles. The molecular weight excluding hydrogens is 315 g/mol. The number of halogens is 2. The minimum Gasteiger partial charge on any atom is -0.350 e. The Kier molecular flexibility index (Phi) is 3.80. The van der Waals surface area contributed by atoms with E-state index in [1.165, 1.54) is 30.3 Å². The average molecular weight is 325 g/mol. The van der Waals surface area contributed by atoms with Gasteiger partial charge in [-0.15, -0.1) is 0 Å². The van der Waals surface area contributed by atoms with Gasteiger partial charge in [-0.05, 0) is 42.8 Å². The van der Waals surface area contributed by atoms with Gasteiger partial charge < -0.3 is 5.32 Å². The molecule has 0 heterocycles. The summed E-state index contributed by atoms with van der Waals surface area (Å²) in [5.41, 5.74) is 1.79. The average Bonchev–Trinajstić information content (AvgIpc) is 2.36. The molecule has 1 N–H and O–H groups in total. The highest BCUT2D eigenvalue weighted by Crippen LogP contribution is 2.33. The van der Waals surface area contributed by atoms with Crippen LogP contribution in [0.1, 0.15) is 5.56 Å². The Morgan fingerprint density at radius 2 is 1.89 bits per heavy atom. The van der Waals surface area contributed by atoms with E-state index in [1.807, 2.05) is 6.92 Å². The molecule has 0 amide bonds. The lowest BCUT2D eigenvalue weighted by Gasteiger charge is -2.09. The minimum absolute atomic E-state index is 0.0400. The number of nitro groups is 1. The van der Waals surface area contributed by atoms with Gasteiger partial charge in [0.25, 0.3) is 5.69 Å². The maximum Gasteiger partial charge on any atom is 0.293 e. The Morgan fingerprint density at radius 3 is 2.47 bits per heavy atom. The number of nitrogens with zero attached hydrogens (tertiary/aromatic N) is 1. The fourth-order valence-corrected chi connectivity index (χ4v) is 1.94. The van der Waals surface area contributed by atoms with Crippen LogP contribution >= 0.6 is 15.9 Å². The monoisotopic (exact) mass is 324 g/mol. The molecule has 0 spiro atoms. The number of hydrogen-bond donors (Lipinski definition) is 1. The summed E-state index contributed by atoms with van der Waals surface area (Å²) in [6.07, 6.45) is 0. The van der Waals surface area contributed by atoms with Gasteiger partial charge in [-0.3, -0.25) is 10.1 Å². The summed E-state index contributed by atoms with van der Waals surface area (Å²) in [6.45, 7) is 1.84. The minimum atomic E-state index is -0.462. The third-order valence-electron chi connectivity index (χ3n) is 2.60. The molecule has 0 saturated carbocycles. The zero-order valence-electron chi connectivity index (χ0n) is 9.98. The predicted molar refractivity (Wildman–Crippen MR) is 75.2 cm³/mol. The molecule has 0 saturated heterocycles. The first-order chi connectivity index (χ1) is 8.97. The standard InChI is InChI=1S/C13H10BrFN2O2/c1-8-6-12(13(17(18)19)7-11(8)14)16-10-4-2-9(15)3-5-10/h2-7,16H,1H3. The second-order valence-corrected chi connectivity index (χ2v) is 4.86. The van der Waals surface area contributed by atoms with Gasteiger partial charge in [0.05, 0.1) is 4.92 Å². The van der Waals surface area contributed by atoms with E-state index in [-0.39, 0.29) is 11.5 Å². The molecule has 0 fully saturated rings. The third kappa shape index (κ3) is 3.08. The number of rotatable bonds is 3. The number of aryl methyl sites for hydroxylation is 1. The Balaban J connectivity index is 2.41. The van der Waals surface area contributed by atoms with E-state index in [9.17, 15) is 14.5 Å². The third-order valence-corrected chi connectivity index (χ3v) is 3.45. The molecule has 6 heteroatoms. The molecule has 0 aliphatic carbocycles. The van der Waals surface area contributed by atoms with Crippen molar-refractivity contribution in [2.45, 2.75) is 6.92 Å². The number of nitro benzene ring substituents is 1. The molecule has 0 bridgehead atoms. The Labute approximate surface area is 117 Å². The van der Waals surface area contributed by atoms with Crippen LogP contribution in [0.3, 0.4) is 0 Å². The first-order valence-electron chi connectivity index (χ1n) is 5.44. The van der Waals surface area contributed by atoms with Crippen molar-refractivity contribution in [2.24, 2.45) is 0 Å². The topological polar surface area (TPSA) is 55.2 Å². The molecular formula is C13H10BrFN2O2. The SMILES string of the molecule is Cc1cc(Nc2ccc(F)cc2)c([N+](=O)[O-])cc1Br. The van der Waals surface area contributed by atoms with Crippen LogP contribution in [-0.2, 0) is 0 Å². The Hall–Kier alpha value is -1.95. The van der Waals surface area contributed by atoms with Gasteiger partial charge in [0.2, 0.25) is 0 Å². The van der Waals surface area contributed by atoms with E-state index in [1.54, 1.807) is 6.07 Å². The van der Waals surface area contributed by atoms with Crippen molar-refractivity contribution in [2.75, 3.05) is 5.32 Å². The summed E-state index contributed by atoms with van der Waals surface area (Å²) in [4.78, 5) is 10.6. The van der Waals surface area contributed by atoms with Crippen molar-refractivity contribution in [3.05, 3.63) is 62.4 Å². The van der Waals surface area contributed by atoms with Gasteiger partial charge >= 0.3 is 0 Å². The van der Waals surface area contributed by atoms with Crippen LogP contribution in [0.15, 0.2) is 40.9 Å². The molecule has 0 aliphatic rings. The normalized spacial score (nSPS) is 10.3. The van der Waals surface area contributed by atoms with Gasteiger partial charge in [0.15, 0.2) is 0 Å². The summed E-state index contributed by atoms with van der Waals surface area (Å²) in [7, 11) is 0. The highest BCUT2D eigenvalue weighted by Gasteiger charge is 2.16. The first kappa shape index (κ1) is 13.5. The fourth-order valence-electron chi connectivity index (χ4n) is 1.61. The molecule has 0 aromatic heterocycles. The maximum absolute atomic E-state index is 12.8. The predicted octanol–water partition coefficient (Wildman–Crippen LogP) is 4.55. The van der Waals surface area contributed by atoms with Crippen molar-refractivity contribution < 1.29 is 9.31 Å². The summed E-state index contributed by atoms with van der Waals surface area (Å²) in [5, 5.41) is 13.9. The van der Waals surface area contributed by atoms with Crippen molar-refractivity contribution >= 4 is 33.0 Å². The maximum atomic E-state index is 12.8. The fraction of sp³-hybridized carbons (Fsp3) is 0.0769. The van der Waals surface area contributed by atoms with Crippen molar-refractivity contribution in [3.8, 4) is 0 Å². The van der Waals surface area contributed by atoms with E-state index in [4.69, 9.17) is 0 Å². The van der Waals surface area contributed by atoms with E-state index < -0.39 is 4.92 Å². The van der Waals surface area contributed by atoms with Crippen LogP contribution in [-0.4, -0.2) is 4.92 Å². The largest absolute Gasteiger partial charge is 0.350 e. The van der Waals surface area contributed by atoms with Crippen molar-refractivity contribution in [1.82, 2.24) is 0 Å². The van der Waals surface area contributed by atoms with Gasteiger partial charge in [-0.1, -0.05) is 15.9 Å². The lowest BCUT2D eigenvalue weighted by atomic mass is 10.2. The number of benzene rings is 2. The molecule has 98 valence electrons. The van der Waals surface area contributed by atoms with Crippen molar-refractivity contribution in [3.63, 3.8) is 0 Å². The van der Waals surface area contributed by atoms with Crippen molar-refractivity contribution in [1.29, 1.82) is 0 Å². The van der Waals surface area contributed by atoms with Crippen LogP contribution in [0.5, 0.6) is 0 Å². The smallest absolute Gasteiger partial charge is 0.293 e. The number of nitrogens with one attached hydrogen (secondary N) is 1. The Bertz CT molecular complexity index is 629. The van der Waals surface area contributed by atoms with Gasteiger partial charge in [-0.25, -0.2) is 4.39 Å². The van der Waals surface area contributed by atoms with Crippen LogP contribution in [0.4, 0.5) is 21.5 Å². The quantitative estimate of drug-likeness (QED) is 0.665. The summed E-state index contributed by atoms with van der Waals surface area (Å²) in [5.74, 6) is -0.355. The summed E-state index contributed by atoms with van der Waals surface area (Å²) in [6, 6.07) is 8.75. The zero-order valence-corrected chi connectivity index (χ0v) is 11.6. The highest BCUT2D eigenvalue weighted by atomic mass is 79.9. The molecule has 0 radical (unpaired) electrons. The van der Waals surface area contributed by atoms with Gasteiger partial charge in [0, 0.05) is 16.2 Å². The molecule has 4 nitrogen and oxygen atoms in total. The van der Waals surface area contributed by atoms with Crippen LogP contribution in [0.25, 0.3) is 0 Å². The van der Waals surface area contributed by atoms with Gasteiger partial charge in [-0.2, -0.15) is 0 Å². The number of hydrogen-bond acceptors (Lipinski definition) is 3. The molecule has 0 unspecified atom stereocenters. The van der Waals surface area contributed by atoms with E-state index in [0.717, 1.165) is 5.56 Å². The molecule has 2 rings (SSSR count). The van der Waals surface area contributed by atoms with Crippen LogP contribution in [0.2, 0.25) is 0 Å². The molecule has 2 aromatic rings. The van der Waals surface area contributed by atoms with Crippen LogP contribution in [0, 0.1) is 22.9 Å². The molecule has 19 heavy (non-hydrogen) atoms. The van der Waals surface area contributed by atoms with E-state index in [2.05, 4.69) is 21.2 Å². The lowest BCUT2D eigenvalue weighted by molar-refractivity contribution is -0.384. The summed E-state index contributed by atoms with van der Waals surface area (Å²) < 4.78 is 13.5. The second-order valence-electron chi connectivity index (χ2n) is 4.01. The molecule has 2 aromatic carbocycles. The zero-order chi connectivity index (χ0) is 14.0. The second kappa shape index (κ2) is 5.36.